The van der Waals surface area contributed by atoms with Crippen LogP contribution in [-0.2, 0) is 9.57 Å². The first kappa shape index (κ1) is 27.1. The Morgan fingerprint density at radius 3 is 2.38 bits per heavy atom. The van der Waals surface area contributed by atoms with Gasteiger partial charge in [-0.1, -0.05) is 32.1 Å². The molecular formula is C29H43F2N5O3. The van der Waals surface area contributed by atoms with Crippen LogP contribution in [0.1, 0.15) is 95.8 Å². The van der Waals surface area contributed by atoms with Gasteiger partial charge in [-0.25, -0.2) is 18.6 Å². The van der Waals surface area contributed by atoms with Crippen LogP contribution in [0.2, 0.25) is 0 Å². The lowest BCUT2D eigenvalue weighted by Gasteiger charge is -2.46. The van der Waals surface area contributed by atoms with Crippen molar-refractivity contribution in [3.05, 3.63) is 23.9 Å². The quantitative estimate of drug-likeness (QED) is 0.503. The molecule has 39 heavy (non-hydrogen) atoms. The van der Waals surface area contributed by atoms with Crippen LogP contribution in [0.3, 0.4) is 0 Å². The van der Waals surface area contributed by atoms with Crippen molar-refractivity contribution in [1.29, 1.82) is 0 Å². The molecule has 1 aromatic heterocycles. The number of piperidine rings is 1. The van der Waals surface area contributed by atoms with E-state index in [4.69, 9.17) is 9.57 Å². The van der Waals surface area contributed by atoms with Gasteiger partial charge in [0.05, 0.1) is 6.54 Å². The number of carbonyl (C=O) groups is 1. The van der Waals surface area contributed by atoms with Gasteiger partial charge in [0.25, 0.3) is 5.92 Å². The number of hydrogen-bond acceptors (Lipinski definition) is 7. The molecule has 1 aromatic rings. The van der Waals surface area contributed by atoms with Crippen LogP contribution in [0.15, 0.2) is 18.3 Å². The summed E-state index contributed by atoms with van der Waals surface area (Å²) in [6.07, 6.45) is 13.0. The Bertz CT molecular complexity index is 1020. The highest BCUT2D eigenvalue weighted by Gasteiger charge is 2.52. The zero-order chi connectivity index (χ0) is 27.1. The van der Waals surface area contributed by atoms with Crippen LogP contribution in [0.4, 0.5) is 19.4 Å². The molecule has 0 bridgehead atoms. The Morgan fingerprint density at radius 2 is 1.72 bits per heavy atom. The zero-order valence-electron chi connectivity index (χ0n) is 23.1. The van der Waals surface area contributed by atoms with Gasteiger partial charge in [-0.15, -0.1) is 0 Å². The molecule has 2 N–H and O–H groups in total. The van der Waals surface area contributed by atoms with E-state index in [-0.39, 0.29) is 30.6 Å². The van der Waals surface area contributed by atoms with E-state index in [1.54, 1.807) is 11.1 Å². The first-order valence-electron chi connectivity index (χ1n) is 15.0. The number of pyridine rings is 1. The van der Waals surface area contributed by atoms with E-state index in [9.17, 15) is 13.6 Å². The number of hydroxylamine groups is 1. The van der Waals surface area contributed by atoms with Gasteiger partial charge in [-0.3, -0.25) is 10.2 Å². The van der Waals surface area contributed by atoms with Crippen LogP contribution in [-0.4, -0.2) is 59.3 Å². The van der Waals surface area contributed by atoms with Crippen molar-refractivity contribution in [2.75, 3.05) is 31.1 Å². The number of nitrogens with zero attached hydrogens (tertiary/aromatic N) is 3. The van der Waals surface area contributed by atoms with Gasteiger partial charge in [0.15, 0.2) is 6.23 Å². The second-order valence-corrected chi connectivity index (χ2v) is 12.7. The Morgan fingerprint density at radius 1 is 1.03 bits per heavy atom. The molecule has 2 aliphatic carbocycles. The SMILES string of the molecule is CC1(OC(=O)N2CCC(C3(C4CCCCCCC4)NOC(c4ccnc(N5CCC(F)(F)C5)c4)N3)CC2)CC1. The van der Waals surface area contributed by atoms with Crippen molar-refractivity contribution in [2.24, 2.45) is 11.8 Å². The number of halogens is 2. The zero-order valence-corrected chi connectivity index (χ0v) is 23.1. The number of amides is 1. The molecule has 2 saturated carbocycles. The first-order valence-corrected chi connectivity index (χ1v) is 15.0. The third kappa shape index (κ3) is 5.88. The molecule has 216 valence electrons. The normalized spacial score (nSPS) is 31.6. The van der Waals surface area contributed by atoms with Crippen LogP contribution < -0.4 is 15.7 Å². The van der Waals surface area contributed by atoms with E-state index < -0.39 is 17.8 Å². The van der Waals surface area contributed by atoms with Gasteiger partial charge in [-0.2, -0.15) is 5.48 Å². The van der Waals surface area contributed by atoms with Crippen LogP contribution in [0.5, 0.6) is 0 Å². The number of likely N-dealkylation sites (tertiary alicyclic amines) is 1. The van der Waals surface area contributed by atoms with Gasteiger partial charge in [-0.05, 0) is 69.4 Å². The van der Waals surface area contributed by atoms with Gasteiger partial charge in [0.2, 0.25) is 0 Å². The van der Waals surface area contributed by atoms with Crippen LogP contribution in [0, 0.1) is 11.8 Å². The molecule has 5 fully saturated rings. The average Bonchev–Trinajstić information content (AvgIpc) is 3.30. The highest BCUT2D eigenvalue weighted by atomic mass is 19.3. The van der Waals surface area contributed by atoms with Crippen molar-refractivity contribution in [1.82, 2.24) is 20.7 Å². The second kappa shape index (κ2) is 10.7. The lowest BCUT2D eigenvalue weighted by atomic mass is 9.72. The minimum Gasteiger partial charge on any atom is -0.443 e. The molecular weight excluding hydrogens is 504 g/mol. The molecule has 6 rings (SSSR count). The molecule has 8 nitrogen and oxygen atoms in total. The Kier molecular flexibility index (Phi) is 7.48. The minimum absolute atomic E-state index is 0.144. The molecule has 2 atom stereocenters. The summed E-state index contributed by atoms with van der Waals surface area (Å²) < 4.78 is 33.5. The van der Waals surface area contributed by atoms with Crippen molar-refractivity contribution in [2.45, 2.75) is 107 Å². The predicted molar refractivity (Wildman–Crippen MR) is 143 cm³/mol. The molecule has 2 unspecified atom stereocenters. The molecule has 0 spiro atoms. The van der Waals surface area contributed by atoms with Gasteiger partial charge >= 0.3 is 6.09 Å². The molecule has 0 radical (unpaired) electrons. The molecule has 5 aliphatic rings. The van der Waals surface area contributed by atoms with Crippen molar-refractivity contribution >= 4 is 11.9 Å². The summed E-state index contributed by atoms with van der Waals surface area (Å²) in [4.78, 5) is 26.9. The lowest BCUT2D eigenvalue weighted by molar-refractivity contribution is -0.0347. The summed E-state index contributed by atoms with van der Waals surface area (Å²) in [5.74, 6) is -1.43. The molecule has 3 aliphatic heterocycles. The van der Waals surface area contributed by atoms with E-state index in [2.05, 4.69) is 15.8 Å². The fourth-order valence-corrected chi connectivity index (χ4v) is 7.00. The van der Waals surface area contributed by atoms with Crippen LogP contribution in [0.25, 0.3) is 0 Å². The lowest BCUT2D eigenvalue weighted by Crippen LogP contribution is -2.62. The Labute approximate surface area is 230 Å². The van der Waals surface area contributed by atoms with E-state index in [1.165, 1.54) is 32.1 Å². The molecule has 10 heteroatoms. The second-order valence-electron chi connectivity index (χ2n) is 12.7. The average molecular weight is 548 g/mol. The Hall–Kier alpha value is -2.04. The maximum atomic E-state index is 13.9. The van der Waals surface area contributed by atoms with Gasteiger partial charge in [0.1, 0.15) is 17.1 Å². The Balaban J connectivity index is 1.18. The fraction of sp³-hybridized carbons (Fsp3) is 0.793. The maximum Gasteiger partial charge on any atom is 0.410 e. The predicted octanol–water partition coefficient (Wildman–Crippen LogP) is 5.51. The summed E-state index contributed by atoms with van der Waals surface area (Å²) in [6, 6.07) is 3.79. The minimum atomic E-state index is -2.67. The van der Waals surface area contributed by atoms with Gasteiger partial charge < -0.3 is 14.5 Å². The summed E-state index contributed by atoms with van der Waals surface area (Å²) in [7, 11) is 0. The summed E-state index contributed by atoms with van der Waals surface area (Å²) >= 11 is 0. The monoisotopic (exact) mass is 547 g/mol. The number of ether oxygens (including phenoxy) is 1. The van der Waals surface area contributed by atoms with E-state index in [0.29, 0.717) is 31.4 Å². The number of rotatable bonds is 5. The molecule has 1 amide bonds. The highest BCUT2D eigenvalue weighted by Crippen LogP contribution is 2.44. The van der Waals surface area contributed by atoms with Crippen LogP contribution >= 0.6 is 0 Å². The number of nitrogens with one attached hydrogen (secondary N) is 2. The number of aromatic nitrogens is 1. The topological polar surface area (TPSA) is 79.0 Å². The summed E-state index contributed by atoms with van der Waals surface area (Å²) in [5, 5.41) is 3.87. The van der Waals surface area contributed by atoms with E-state index in [1.807, 2.05) is 24.0 Å². The summed E-state index contributed by atoms with van der Waals surface area (Å²) in [5.41, 5.74) is 3.71. The smallest absolute Gasteiger partial charge is 0.410 e. The number of alkyl halides is 2. The largest absolute Gasteiger partial charge is 0.443 e. The maximum absolute atomic E-state index is 13.9. The number of hydrogen-bond donors (Lipinski definition) is 2. The van der Waals surface area contributed by atoms with Crippen molar-refractivity contribution in [3.8, 4) is 0 Å². The molecule has 0 aromatic carbocycles. The van der Waals surface area contributed by atoms with Gasteiger partial charge in [0, 0.05) is 37.8 Å². The molecule has 4 heterocycles. The molecule has 3 saturated heterocycles. The van der Waals surface area contributed by atoms with E-state index >= 15 is 0 Å². The fourth-order valence-electron chi connectivity index (χ4n) is 7.00. The van der Waals surface area contributed by atoms with E-state index in [0.717, 1.165) is 44.1 Å². The first-order chi connectivity index (χ1) is 18.8. The standard InChI is InChI=1S/C29H43F2N5O3/c1-27(12-13-27)38-26(37)35-16-10-23(11-17-35)29(22-7-5-3-2-4-6-8-22)33-25(39-34-29)21-9-15-32-24(19-21)36-18-14-28(30,31)20-36/h9,15,19,22-23,25,33-34H,2-8,10-14,16-18,20H2,1H3. The number of anilines is 1. The third-order valence-electron chi connectivity index (χ3n) is 9.72. The van der Waals surface area contributed by atoms with Crippen molar-refractivity contribution < 1.29 is 23.1 Å². The van der Waals surface area contributed by atoms with Crippen molar-refractivity contribution in [3.63, 3.8) is 0 Å². The highest BCUT2D eigenvalue weighted by molar-refractivity contribution is 5.68. The third-order valence-corrected chi connectivity index (χ3v) is 9.72. The number of carbonyl (C=O) groups excluding carboxylic acids is 1. The summed E-state index contributed by atoms with van der Waals surface area (Å²) in [6.45, 7) is 3.35.